The van der Waals surface area contributed by atoms with Crippen LogP contribution in [0.3, 0.4) is 0 Å². The monoisotopic (exact) mass is 471 g/mol. The lowest BCUT2D eigenvalue weighted by molar-refractivity contribution is -0.120. The number of rotatable bonds is 5. The second-order valence-corrected chi connectivity index (χ2v) is 6.50. The van der Waals surface area contributed by atoms with E-state index in [2.05, 4.69) is 47.7 Å². The second kappa shape index (κ2) is 8.72. The number of benzene rings is 2. The number of phenols is 1. The predicted octanol–water partition coefficient (Wildman–Crippen LogP) is 2.94. The number of amides is 2. The van der Waals surface area contributed by atoms with Crippen molar-refractivity contribution < 1.29 is 19.1 Å². The Morgan fingerprint density at radius 2 is 1.84 bits per heavy atom. The molecule has 0 saturated carbocycles. The number of halogens is 3. The summed E-state index contributed by atoms with van der Waals surface area (Å²) >= 11 is 6.36. The predicted molar refractivity (Wildman–Crippen MR) is 98.0 cm³/mol. The van der Waals surface area contributed by atoms with Gasteiger partial charge in [-0.25, -0.2) is 9.82 Å². The Labute approximate surface area is 159 Å². The van der Waals surface area contributed by atoms with E-state index in [1.807, 2.05) is 0 Å². The molecular formula is C16H12Br2FN3O3. The third-order valence-electron chi connectivity index (χ3n) is 2.97. The number of hydrazone groups is 1. The van der Waals surface area contributed by atoms with Crippen molar-refractivity contribution in [2.45, 2.75) is 0 Å². The van der Waals surface area contributed by atoms with Crippen LogP contribution in [0.15, 0.2) is 50.4 Å². The molecule has 6 nitrogen and oxygen atoms in total. The minimum absolute atomic E-state index is 0.0528. The molecule has 25 heavy (non-hydrogen) atoms. The smallest absolute Gasteiger partial charge is 0.259 e. The SMILES string of the molecule is O=C(CNC(=O)c1ccccc1F)NN=Cc1cc(Br)c(O)c(Br)c1. The average Bonchev–Trinajstić information content (AvgIpc) is 2.58. The first-order valence-electron chi connectivity index (χ1n) is 6.91. The molecule has 0 spiro atoms. The van der Waals surface area contributed by atoms with Gasteiger partial charge < -0.3 is 10.4 Å². The van der Waals surface area contributed by atoms with Gasteiger partial charge in [0.15, 0.2) is 0 Å². The van der Waals surface area contributed by atoms with E-state index in [9.17, 15) is 19.1 Å². The number of hydrogen-bond acceptors (Lipinski definition) is 4. The summed E-state index contributed by atoms with van der Waals surface area (Å²) < 4.78 is 14.4. The van der Waals surface area contributed by atoms with E-state index in [4.69, 9.17) is 0 Å². The molecule has 2 aromatic rings. The highest BCUT2D eigenvalue weighted by Crippen LogP contribution is 2.32. The van der Waals surface area contributed by atoms with Crippen LogP contribution in [0.4, 0.5) is 4.39 Å². The number of aromatic hydroxyl groups is 1. The van der Waals surface area contributed by atoms with Gasteiger partial charge in [-0.2, -0.15) is 5.10 Å². The Morgan fingerprint density at radius 1 is 1.20 bits per heavy atom. The summed E-state index contributed by atoms with van der Waals surface area (Å²) in [6.45, 7) is -0.354. The molecule has 0 atom stereocenters. The lowest BCUT2D eigenvalue weighted by Crippen LogP contribution is -2.35. The number of hydrogen-bond donors (Lipinski definition) is 3. The molecule has 0 aromatic heterocycles. The largest absolute Gasteiger partial charge is 0.506 e. The van der Waals surface area contributed by atoms with E-state index in [0.29, 0.717) is 14.5 Å². The fourth-order valence-corrected chi connectivity index (χ4v) is 3.00. The van der Waals surface area contributed by atoms with Gasteiger partial charge in [0.25, 0.3) is 11.8 Å². The molecule has 0 saturated heterocycles. The highest BCUT2D eigenvalue weighted by molar-refractivity contribution is 9.11. The van der Waals surface area contributed by atoms with Gasteiger partial charge in [0.1, 0.15) is 11.6 Å². The van der Waals surface area contributed by atoms with Crippen LogP contribution >= 0.6 is 31.9 Å². The molecule has 0 aliphatic carbocycles. The van der Waals surface area contributed by atoms with Gasteiger partial charge in [0, 0.05) is 0 Å². The average molecular weight is 473 g/mol. The van der Waals surface area contributed by atoms with Crippen molar-refractivity contribution in [1.82, 2.24) is 10.7 Å². The molecule has 0 aliphatic heterocycles. The molecule has 2 aromatic carbocycles. The van der Waals surface area contributed by atoms with Gasteiger partial charge in [0.2, 0.25) is 0 Å². The third kappa shape index (κ3) is 5.36. The van der Waals surface area contributed by atoms with E-state index in [-0.39, 0.29) is 17.9 Å². The molecule has 0 heterocycles. The zero-order chi connectivity index (χ0) is 18.4. The Bertz CT molecular complexity index is 820. The van der Waals surface area contributed by atoms with Crippen molar-refractivity contribution in [1.29, 1.82) is 0 Å². The van der Waals surface area contributed by atoms with Crippen molar-refractivity contribution in [3.8, 4) is 5.75 Å². The first-order chi connectivity index (χ1) is 11.9. The van der Waals surface area contributed by atoms with Crippen LogP contribution < -0.4 is 10.7 Å². The van der Waals surface area contributed by atoms with Gasteiger partial charge in [-0.05, 0) is 61.7 Å². The molecule has 130 valence electrons. The fraction of sp³-hybridized carbons (Fsp3) is 0.0625. The van der Waals surface area contributed by atoms with Crippen molar-refractivity contribution in [3.05, 3.63) is 62.3 Å². The van der Waals surface area contributed by atoms with Crippen LogP contribution in [0.1, 0.15) is 15.9 Å². The number of carbonyl (C=O) groups excluding carboxylic acids is 2. The quantitative estimate of drug-likeness (QED) is 0.461. The zero-order valence-electron chi connectivity index (χ0n) is 12.6. The maximum absolute atomic E-state index is 13.4. The van der Waals surface area contributed by atoms with Crippen molar-refractivity contribution in [2.75, 3.05) is 6.54 Å². The maximum Gasteiger partial charge on any atom is 0.259 e. The first-order valence-corrected chi connectivity index (χ1v) is 8.49. The van der Waals surface area contributed by atoms with E-state index in [0.717, 1.165) is 6.07 Å². The maximum atomic E-state index is 13.4. The Hall–Kier alpha value is -2.26. The van der Waals surface area contributed by atoms with Gasteiger partial charge in [-0.3, -0.25) is 9.59 Å². The van der Waals surface area contributed by atoms with E-state index < -0.39 is 17.6 Å². The molecule has 0 radical (unpaired) electrons. The minimum Gasteiger partial charge on any atom is -0.506 e. The number of nitrogens with zero attached hydrogens (tertiary/aromatic N) is 1. The lowest BCUT2D eigenvalue weighted by atomic mass is 10.2. The lowest BCUT2D eigenvalue weighted by Gasteiger charge is -2.05. The topological polar surface area (TPSA) is 90.8 Å². The van der Waals surface area contributed by atoms with Crippen LogP contribution in [0, 0.1) is 5.82 Å². The molecule has 2 rings (SSSR count). The standard InChI is InChI=1S/C16H12Br2FN3O3/c17-11-5-9(6-12(18)15(11)24)7-21-22-14(23)8-20-16(25)10-3-1-2-4-13(10)19/h1-7,24H,8H2,(H,20,25)(H,22,23). The van der Waals surface area contributed by atoms with E-state index in [1.165, 1.54) is 24.4 Å². The Kier molecular flexibility index (Phi) is 6.65. The van der Waals surface area contributed by atoms with Crippen LogP contribution in [0.2, 0.25) is 0 Å². The minimum atomic E-state index is -0.691. The molecular weight excluding hydrogens is 461 g/mol. The van der Waals surface area contributed by atoms with Crippen LogP contribution in [-0.4, -0.2) is 29.7 Å². The van der Waals surface area contributed by atoms with Crippen molar-refractivity contribution >= 4 is 49.9 Å². The highest BCUT2D eigenvalue weighted by Gasteiger charge is 2.11. The van der Waals surface area contributed by atoms with Gasteiger partial charge in [-0.1, -0.05) is 12.1 Å². The summed E-state index contributed by atoms with van der Waals surface area (Å²) in [5.41, 5.74) is 2.71. The molecule has 0 aliphatic rings. The van der Waals surface area contributed by atoms with Gasteiger partial charge in [-0.15, -0.1) is 0 Å². The third-order valence-corrected chi connectivity index (χ3v) is 4.18. The molecule has 2 amide bonds. The summed E-state index contributed by atoms with van der Waals surface area (Å²) in [6, 6.07) is 8.68. The normalized spacial score (nSPS) is 10.7. The van der Waals surface area contributed by atoms with Crippen molar-refractivity contribution in [3.63, 3.8) is 0 Å². The summed E-state index contributed by atoms with van der Waals surface area (Å²) in [5.74, 6) is -1.87. The van der Waals surface area contributed by atoms with Crippen LogP contribution in [-0.2, 0) is 4.79 Å². The van der Waals surface area contributed by atoms with Gasteiger partial charge in [0.05, 0.1) is 27.3 Å². The van der Waals surface area contributed by atoms with Crippen LogP contribution in [0.25, 0.3) is 0 Å². The van der Waals surface area contributed by atoms with Crippen LogP contribution in [0.5, 0.6) is 5.75 Å². The zero-order valence-corrected chi connectivity index (χ0v) is 15.8. The molecule has 3 N–H and O–H groups in total. The summed E-state index contributed by atoms with van der Waals surface area (Å²) in [6.07, 6.45) is 1.37. The summed E-state index contributed by atoms with van der Waals surface area (Å²) in [7, 11) is 0. The Balaban J connectivity index is 1.87. The van der Waals surface area contributed by atoms with E-state index >= 15 is 0 Å². The molecule has 0 fully saturated rings. The number of nitrogens with one attached hydrogen (secondary N) is 2. The molecule has 0 bridgehead atoms. The summed E-state index contributed by atoms with van der Waals surface area (Å²) in [5, 5.41) is 15.7. The molecule has 0 unspecified atom stereocenters. The second-order valence-electron chi connectivity index (χ2n) is 4.79. The number of phenolic OH excluding ortho intramolecular Hbond substituents is 1. The Morgan fingerprint density at radius 3 is 2.48 bits per heavy atom. The van der Waals surface area contributed by atoms with Gasteiger partial charge >= 0.3 is 0 Å². The van der Waals surface area contributed by atoms with E-state index in [1.54, 1.807) is 12.1 Å². The number of carbonyl (C=O) groups is 2. The first kappa shape index (κ1) is 19.1. The molecule has 9 heteroatoms. The summed E-state index contributed by atoms with van der Waals surface area (Å²) in [4.78, 5) is 23.4. The van der Waals surface area contributed by atoms with Crippen molar-refractivity contribution in [2.24, 2.45) is 5.10 Å². The fourth-order valence-electron chi connectivity index (χ4n) is 1.78. The highest BCUT2D eigenvalue weighted by atomic mass is 79.9.